The predicted octanol–water partition coefficient (Wildman–Crippen LogP) is 6.43. The highest BCUT2D eigenvalue weighted by atomic mass is 32.2. The summed E-state index contributed by atoms with van der Waals surface area (Å²) >= 11 is 0. The maximum atomic E-state index is 13.9. The molecular weight excluding hydrogens is 493 g/mol. The molecule has 2 N–H and O–H groups in total. The highest BCUT2D eigenvalue weighted by molar-refractivity contribution is 7.84. The van der Waals surface area contributed by atoms with E-state index in [-0.39, 0.29) is 18.1 Å². The minimum absolute atomic E-state index is 0.0547. The van der Waals surface area contributed by atoms with Gasteiger partial charge in [0.25, 0.3) is 0 Å². The number of hydrogen-bond acceptors (Lipinski definition) is 5. The van der Waals surface area contributed by atoms with Gasteiger partial charge in [-0.05, 0) is 83.4 Å². The molecule has 37 heavy (non-hydrogen) atoms. The molecule has 2 unspecified atom stereocenters. The molecule has 2 aromatic rings. The van der Waals surface area contributed by atoms with Gasteiger partial charge in [0, 0.05) is 11.1 Å². The second kappa shape index (κ2) is 13.5. The zero-order valence-corrected chi connectivity index (χ0v) is 23.5. The van der Waals surface area contributed by atoms with E-state index >= 15 is 0 Å². The highest BCUT2D eigenvalue weighted by Crippen LogP contribution is 2.28. The molecule has 0 heterocycles. The topological polar surface area (TPSA) is 84.9 Å². The molecule has 0 aromatic heterocycles. The third-order valence-corrected chi connectivity index (χ3v) is 7.04. The monoisotopic (exact) mass is 531 g/mol. The largest absolute Gasteiger partial charge is 0.512 e. The summed E-state index contributed by atoms with van der Waals surface area (Å²) in [7, 11) is -1.45. The highest BCUT2D eigenvalue weighted by Gasteiger charge is 2.24. The lowest BCUT2D eigenvalue weighted by Crippen LogP contribution is -2.36. The summed E-state index contributed by atoms with van der Waals surface area (Å²) in [6.07, 6.45) is 1.77. The van der Waals surface area contributed by atoms with Crippen LogP contribution in [-0.4, -0.2) is 33.3 Å². The molecular formula is C29H38FNO5S. The summed E-state index contributed by atoms with van der Waals surface area (Å²) in [6, 6.07) is 11.9. The van der Waals surface area contributed by atoms with E-state index in [0.717, 1.165) is 5.56 Å². The number of carbonyl (C=O) groups is 1. The molecule has 0 bridgehead atoms. The van der Waals surface area contributed by atoms with E-state index in [1.54, 1.807) is 51.1 Å². The maximum Gasteiger partial charge on any atom is 0.310 e. The van der Waals surface area contributed by atoms with Crippen LogP contribution in [0.15, 0.2) is 60.1 Å². The Bertz CT molecular complexity index is 1180. The first-order valence-corrected chi connectivity index (χ1v) is 13.4. The van der Waals surface area contributed by atoms with E-state index in [1.807, 2.05) is 45.9 Å². The third-order valence-electron chi connectivity index (χ3n) is 5.43. The van der Waals surface area contributed by atoms with Crippen LogP contribution in [0.1, 0.15) is 69.8 Å². The molecule has 0 aliphatic heterocycles. The van der Waals surface area contributed by atoms with Crippen molar-refractivity contribution in [2.45, 2.75) is 65.7 Å². The zero-order chi connectivity index (χ0) is 27.8. The fraction of sp³-hybridized carbons (Fsp3) is 0.414. The van der Waals surface area contributed by atoms with E-state index in [4.69, 9.17) is 9.47 Å². The summed E-state index contributed by atoms with van der Waals surface area (Å²) < 4.78 is 39.9. The molecule has 2 rings (SSSR count). The first kappa shape index (κ1) is 30.3. The van der Waals surface area contributed by atoms with E-state index in [0.29, 0.717) is 40.4 Å². The van der Waals surface area contributed by atoms with Crippen molar-refractivity contribution in [2.75, 3.05) is 13.3 Å². The number of nitrogens with one attached hydrogen (secondary N) is 1. The second-order valence-electron chi connectivity index (χ2n) is 9.78. The van der Waals surface area contributed by atoms with Crippen molar-refractivity contribution in [3.05, 3.63) is 82.3 Å². The van der Waals surface area contributed by atoms with Gasteiger partial charge in [-0.15, -0.1) is 0 Å². The Morgan fingerprint density at radius 1 is 1.19 bits per heavy atom. The first-order valence-electron chi connectivity index (χ1n) is 12.2. The normalized spacial score (nSPS) is 14.5. The van der Waals surface area contributed by atoms with Crippen LogP contribution in [0.25, 0.3) is 5.57 Å². The number of ether oxygens (including phenoxy) is 2. The van der Waals surface area contributed by atoms with E-state index in [2.05, 4.69) is 4.72 Å². The van der Waals surface area contributed by atoms with Gasteiger partial charge in [0.05, 0.1) is 40.6 Å². The number of aryl methyl sites for hydroxylation is 1. The van der Waals surface area contributed by atoms with E-state index < -0.39 is 28.4 Å². The second-order valence-corrected chi connectivity index (χ2v) is 11.8. The molecule has 2 aromatic carbocycles. The molecule has 8 heteroatoms. The minimum Gasteiger partial charge on any atom is -0.512 e. The average Bonchev–Trinajstić information content (AvgIpc) is 2.82. The smallest absolute Gasteiger partial charge is 0.310 e. The lowest BCUT2D eigenvalue weighted by atomic mass is 9.99. The number of aliphatic hydroxyl groups is 1. The number of allylic oxidation sites excluding steroid dienone is 4. The minimum atomic E-state index is -1.45. The Hall–Kier alpha value is -2.97. The average molecular weight is 532 g/mol. The van der Waals surface area contributed by atoms with Crippen molar-refractivity contribution in [2.24, 2.45) is 0 Å². The van der Waals surface area contributed by atoms with Crippen molar-refractivity contribution < 1.29 is 28.0 Å². The molecule has 6 nitrogen and oxygen atoms in total. The number of alkyl halides is 1. The van der Waals surface area contributed by atoms with Gasteiger partial charge in [-0.25, -0.2) is 13.3 Å². The molecule has 0 radical (unpaired) electrons. The fourth-order valence-electron chi connectivity index (χ4n) is 3.49. The summed E-state index contributed by atoms with van der Waals surface area (Å²) in [4.78, 5) is 12.0. The van der Waals surface area contributed by atoms with Gasteiger partial charge in [-0.2, -0.15) is 0 Å². The van der Waals surface area contributed by atoms with Crippen LogP contribution in [0.3, 0.4) is 0 Å². The Labute approximate surface area is 222 Å². The molecule has 0 saturated heterocycles. The van der Waals surface area contributed by atoms with Crippen LogP contribution in [0.2, 0.25) is 0 Å². The van der Waals surface area contributed by atoms with Crippen molar-refractivity contribution >= 4 is 22.5 Å². The van der Waals surface area contributed by atoms with Crippen LogP contribution < -0.4 is 9.46 Å². The van der Waals surface area contributed by atoms with Crippen LogP contribution in [-0.2, 0) is 26.9 Å². The molecule has 202 valence electrons. The Balaban J connectivity index is 2.36. The van der Waals surface area contributed by atoms with Crippen LogP contribution in [0, 0.1) is 6.92 Å². The van der Waals surface area contributed by atoms with E-state index in [9.17, 15) is 18.5 Å². The van der Waals surface area contributed by atoms with Crippen molar-refractivity contribution in [3.8, 4) is 5.75 Å². The number of carbonyl (C=O) groups excluding carboxylic acids is 1. The number of aliphatic hydroxyl groups excluding tert-OH is 1. The van der Waals surface area contributed by atoms with Crippen LogP contribution >= 0.6 is 0 Å². The number of hydrogen-bond donors (Lipinski definition) is 2. The Morgan fingerprint density at radius 2 is 1.89 bits per heavy atom. The summed E-state index contributed by atoms with van der Waals surface area (Å²) in [6.45, 7) is 12.0. The predicted molar refractivity (Wildman–Crippen MR) is 147 cm³/mol. The van der Waals surface area contributed by atoms with Gasteiger partial charge >= 0.3 is 5.97 Å². The summed E-state index contributed by atoms with van der Waals surface area (Å²) in [5.41, 5.74) is 3.41. The zero-order valence-electron chi connectivity index (χ0n) is 22.7. The fourth-order valence-corrected chi connectivity index (χ4v) is 4.30. The standard InChI is InChI=1S/C29H38FNO5S/c1-8-35-28(33)17-24-13-12-19(2)14-27(24)36-20(3)15-25(21(4)32)22-10-9-11-23(16-22)26(18-30)31-37(34)29(5,6)7/h9-16,26,31-32H,8,17-18H2,1-7H3/b20-15+,25-21-. The summed E-state index contributed by atoms with van der Waals surface area (Å²) in [5, 5.41) is 10.5. The SMILES string of the molecule is CCOC(=O)Cc1ccc(C)cc1O/C(C)=C/C(=C(\C)O)c1cccc(C(CF)NS(=O)C(C)(C)C)c1. The summed E-state index contributed by atoms with van der Waals surface area (Å²) in [5.74, 6) is 0.722. The van der Waals surface area contributed by atoms with E-state index in [1.165, 1.54) is 0 Å². The maximum absolute atomic E-state index is 13.9. The Kier molecular flexibility index (Phi) is 11.1. The van der Waals surface area contributed by atoms with Gasteiger partial charge in [-0.1, -0.05) is 30.3 Å². The van der Waals surface area contributed by atoms with Gasteiger partial charge in [0.15, 0.2) is 0 Å². The number of esters is 1. The van der Waals surface area contributed by atoms with Gasteiger partial charge < -0.3 is 14.6 Å². The number of rotatable bonds is 11. The molecule has 2 atom stereocenters. The van der Waals surface area contributed by atoms with Crippen LogP contribution in [0.4, 0.5) is 4.39 Å². The Morgan fingerprint density at radius 3 is 2.49 bits per heavy atom. The van der Waals surface area contributed by atoms with Gasteiger partial charge in [0.2, 0.25) is 0 Å². The van der Waals surface area contributed by atoms with Crippen molar-refractivity contribution in [1.82, 2.24) is 4.72 Å². The molecule has 0 fully saturated rings. The van der Waals surface area contributed by atoms with Gasteiger partial charge in [0.1, 0.15) is 18.2 Å². The quantitative estimate of drug-likeness (QED) is 0.198. The molecule has 0 aliphatic carbocycles. The van der Waals surface area contributed by atoms with Crippen molar-refractivity contribution in [1.29, 1.82) is 0 Å². The first-order chi connectivity index (χ1) is 17.3. The van der Waals surface area contributed by atoms with Crippen LogP contribution in [0.5, 0.6) is 5.75 Å². The van der Waals surface area contributed by atoms with Crippen molar-refractivity contribution in [3.63, 3.8) is 0 Å². The van der Waals surface area contributed by atoms with Gasteiger partial charge in [-0.3, -0.25) is 4.79 Å². The lowest BCUT2D eigenvalue weighted by molar-refractivity contribution is -0.142. The molecule has 0 aliphatic rings. The third kappa shape index (κ3) is 9.13. The molecule has 0 spiro atoms. The lowest BCUT2D eigenvalue weighted by Gasteiger charge is -2.23. The molecule has 0 amide bonds. The number of halogens is 1. The molecule has 0 saturated carbocycles. The number of benzene rings is 2.